The van der Waals surface area contributed by atoms with E-state index in [0.717, 1.165) is 57.3 Å². The van der Waals surface area contributed by atoms with E-state index in [1.54, 1.807) is 0 Å². The Bertz CT molecular complexity index is 836. The summed E-state index contributed by atoms with van der Waals surface area (Å²) in [6.07, 6.45) is 2.90. The number of hydrogen-bond donors (Lipinski definition) is 1. The maximum Gasteiger partial charge on any atom is 0.194 e. The molecule has 1 aromatic heterocycles. The van der Waals surface area contributed by atoms with Crippen molar-refractivity contribution in [2.75, 3.05) is 39.3 Å². The molecule has 3 heterocycles. The van der Waals surface area contributed by atoms with Crippen LogP contribution in [0.2, 0.25) is 5.15 Å². The summed E-state index contributed by atoms with van der Waals surface area (Å²) in [6, 6.07) is 14.9. The molecule has 168 valence electrons. The Labute approximate surface area is 207 Å². The van der Waals surface area contributed by atoms with Gasteiger partial charge in [-0.25, -0.2) is 4.98 Å². The van der Waals surface area contributed by atoms with Gasteiger partial charge in [-0.1, -0.05) is 48.0 Å². The summed E-state index contributed by atoms with van der Waals surface area (Å²) in [6.45, 7) is 8.22. The van der Waals surface area contributed by atoms with E-state index < -0.39 is 0 Å². The zero-order valence-corrected chi connectivity index (χ0v) is 21.0. The van der Waals surface area contributed by atoms with Gasteiger partial charge in [-0.3, -0.25) is 9.89 Å². The maximum absolute atomic E-state index is 6.13. The number of pyridine rings is 1. The standard InChI is InChI=1S/C23H30ClN5O.HI/c1-2-25-23(26-11-10-18-8-9-22(24)27-14-18)29-16-20-21(17-29)30-13-12-28(20)15-19-6-4-3-5-7-19;/h3-9,14,20-21H,2,10-13,15-17H2,1H3,(H,25,26);1H. The van der Waals surface area contributed by atoms with Crippen molar-refractivity contribution in [3.8, 4) is 0 Å². The summed E-state index contributed by atoms with van der Waals surface area (Å²) >= 11 is 5.88. The lowest BCUT2D eigenvalue weighted by atomic mass is 10.1. The molecule has 1 aromatic carbocycles. The summed E-state index contributed by atoms with van der Waals surface area (Å²) in [5.74, 6) is 0.970. The number of hydrogen-bond acceptors (Lipinski definition) is 4. The molecule has 0 amide bonds. The fourth-order valence-electron chi connectivity index (χ4n) is 4.22. The minimum absolute atomic E-state index is 0. The zero-order chi connectivity index (χ0) is 20.8. The van der Waals surface area contributed by atoms with Crippen LogP contribution in [0.1, 0.15) is 18.1 Å². The Hall–Kier alpha value is -1.42. The largest absolute Gasteiger partial charge is 0.373 e. The number of morpholine rings is 1. The minimum Gasteiger partial charge on any atom is -0.373 e. The highest BCUT2D eigenvalue weighted by atomic mass is 127. The number of nitrogens with zero attached hydrogens (tertiary/aromatic N) is 4. The van der Waals surface area contributed by atoms with E-state index in [-0.39, 0.29) is 30.1 Å². The van der Waals surface area contributed by atoms with Gasteiger partial charge in [-0.15, -0.1) is 24.0 Å². The van der Waals surface area contributed by atoms with Crippen molar-refractivity contribution in [2.45, 2.75) is 32.0 Å². The predicted molar refractivity (Wildman–Crippen MR) is 136 cm³/mol. The lowest BCUT2D eigenvalue weighted by Gasteiger charge is -2.36. The van der Waals surface area contributed by atoms with Gasteiger partial charge in [-0.2, -0.15) is 0 Å². The molecule has 0 spiro atoms. The Morgan fingerprint density at radius 3 is 2.77 bits per heavy atom. The second-order valence-electron chi connectivity index (χ2n) is 7.81. The molecule has 2 unspecified atom stereocenters. The number of rotatable bonds is 6. The molecule has 4 rings (SSSR count). The van der Waals surface area contributed by atoms with Crippen LogP contribution in [0.25, 0.3) is 0 Å². The molecule has 8 heteroatoms. The SMILES string of the molecule is CCNC(=NCCc1ccc(Cl)nc1)N1CC2OCCN(Cc3ccccc3)C2C1.I. The lowest BCUT2D eigenvalue weighted by molar-refractivity contribution is -0.0502. The zero-order valence-electron chi connectivity index (χ0n) is 17.9. The second-order valence-corrected chi connectivity index (χ2v) is 8.20. The van der Waals surface area contributed by atoms with Crippen LogP contribution < -0.4 is 5.32 Å². The molecule has 2 aromatic rings. The third kappa shape index (κ3) is 6.54. The quantitative estimate of drug-likeness (QED) is 0.256. The Balaban J connectivity index is 0.00000272. The highest BCUT2D eigenvalue weighted by Crippen LogP contribution is 2.24. The normalized spacial score (nSPS) is 21.5. The maximum atomic E-state index is 6.13. The minimum atomic E-state index is 0. The van der Waals surface area contributed by atoms with Gasteiger partial charge >= 0.3 is 0 Å². The number of ether oxygens (including phenoxy) is 1. The topological polar surface area (TPSA) is 53.0 Å². The van der Waals surface area contributed by atoms with Crippen LogP contribution in [0.15, 0.2) is 53.7 Å². The van der Waals surface area contributed by atoms with E-state index in [1.165, 1.54) is 5.56 Å². The lowest BCUT2D eigenvalue weighted by Crippen LogP contribution is -2.50. The first-order valence-corrected chi connectivity index (χ1v) is 11.1. The van der Waals surface area contributed by atoms with Gasteiger partial charge in [-0.05, 0) is 30.5 Å². The molecule has 0 saturated carbocycles. The van der Waals surface area contributed by atoms with Crippen LogP contribution in [0.4, 0.5) is 0 Å². The van der Waals surface area contributed by atoms with Crippen LogP contribution in [0.5, 0.6) is 0 Å². The Morgan fingerprint density at radius 1 is 1.19 bits per heavy atom. The number of aromatic nitrogens is 1. The molecular weight excluding hydrogens is 525 g/mol. The van der Waals surface area contributed by atoms with E-state index >= 15 is 0 Å². The third-order valence-electron chi connectivity index (χ3n) is 5.73. The molecular formula is C23H31ClIN5O. The van der Waals surface area contributed by atoms with Crippen molar-refractivity contribution in [2.24, 2.45) is 4.99 Å². The first-order valence-electron chi connectivity index (χ1n) is 10.8. The fourth-order valence-corrected chi connectivity index (χ4v) is 4.33. The number of aliphatic imine (C=N–C) groups is 1. The average Bonchev–Trinajstić information content (AvgIpc) is 3.21. The average molecular weight is 556 g/mol. The predicted octanol–water partition coefficient (Wildman–Crippen LogP) is 3.45. The molecule has 2 atom stereocenters. The molecule has 31 heavy (non-hydrogen) atoms. The van der Waals surface area contributed by atoms with Crippen molar-refractivity contribution in [3.05, 3.63) is 64.9 Å². The first kappa shape index (κ1) is 24.2. The van der Waals surface area contributed by atoms with E-state index in [0.29, 0.717) is 17.7 Å². The molecule has 6 nitrogen and oxygen atoms in total. The van der Waals surface area contributed by atoms with E-state index in [1.807, 2.05) is 18.3 Å². The number of nitrogens with one attached hydrogen (secondary N) is 1. The van der Waals surface area contributed by atoms with Crippen LogP contribution in [0, 0.1) is 0 Å². The second kappa shape index (κ2) is 12.0. The molecule has 0 aliphatic carbocycles. The fraction of sp³-hybridized carbons (Fsp3) is 0.478. The summed E-state index contributed by atoms with van der Waals surface area (Å²) in [4.78, 5) is 13.9. The van der Waals surface area contributed by atoms with Gasteiger partial charge in [0.2, 0.25) is 0 Å². The number of benzene rings is 1. The highest BCUT2D eigenvalue weighted by Gasteiger charge is 2.41. The summed E-state index contributed by atoms with van der Waals surface area (Å²) in [5.41, 5.74) is 2.50. The van der Waals surface area contributed by atoms with Gasteiger partial charge in [0, 0.05) is 45.5 Å². The van der Waals surface area contributed by atoms with Gasteiger partial charge in [0.15, 0.2) is 5.96 Å². The molecule has 1 N–H and O–H groups in total. The highest BCUT2D eigenvalue weighted by molar-refractivity contribution is 14.0. The van der Waals surface area contributed by atoms with Crippen molar-refractivity contribution in [3.63, 3.8) is 0 Å². The number of halogens is 2. The first-order chi connectivity index (χ1) is 14.7. The molecule has 0 radical (unpaired) electrons. The monoisotopic (exact) mass is 555 g/mol. The molecule has 2 aliphatic heterocycles. The van der Waals surface area contributed by atoms with Crippen LogP contribution in [0.3, 0.4) is 0 Å². The van der Waals surface area contributed by atoms with Gasteiger partial charge < -0.3 is 15.0 Å². The van der Waals surface area contributed by atoms with E-state index in [4.69, 9.17) is 21.3 Å². The van der Waals surface area contributed by atoms with Crippen LogP contribution in [-0.4, -0.2) is 72.2 Å². The molecule has 2 fully saturated rings. The smallest absolute Gasteiger partial charge is 0.194 e. The van der Waals surface area contributed by atoms with E-state index in [2.05, 4.69) is 57.4 Å². The van der Waals surface area contributed by atoms with Crippen molar-refractivity contribution >= 4 is 41.5 Å². The van der Waals surface area contributed by atoms with Crippen LogP contribution >= 0.6 is 35.6 Å². The summed E-state index contributed by atoms with van der Waals surface area (Å²) in [7, 11) is 0. The van der Waals surface area contributed by atoms with E-state index in [9.17, 15) is 0 Å². The van der Waals surface area contributed by atoms with Gasteiger partial charge in [0.1, 0.15) is 5.15 Å². The molecule has 0 bridgehead atoms. The van der Waals surface area contributed by atoms with Crippen molar-refractivity contribution in [1.82, 2.24) is 20.1 Å². The molecule has 2 aliphatic rings. The summed E-state index contributed by atoms with van der Waals surface area (Å²) in [5, 5.41) is 3.98. The summed E-state index contributed by atoms with van der Waals surface area (Å²) < 4.78 is 6.13. The van der Waals surface area contributed by atoms with Crippen LogP contribution in [-0.2, 0) is 17.7 Å². The number of likely N-dealkylation sites (tertiary alicyclic amines) is 1. The molecule has 2 saturated heterocycles. The number of fused-ring (bicyclic) bond motifs is 1. The van der Waals surface area contributed by atoms with Gasteiger partial charge in [0.25, 0.3) is 0 Å². The van der Waals surface area contributed by atoms with Gasteiger partial charge in [0.05, 0.1) is 18.8 Å². The Morgan fingerprint density at radius 2 is 2.03 bits per heavy atom. The number of guanidine groups is 1. The Kier molecular flexibility index (Phi) is 9.37. The van der Waals surface area contributed by atoms with Crippen molar-refractivity contribution < 1.29 is 4.74 Å². The van der Waals surface area contributed by atoms with Crippen molar-refractivity contribution in [1.29, 1.82) is 0 Å². The third-order valence-corrected chi connectivity index (χ3v) is 5.95.